The van der Waals surface area contributed by atoms with E-state index < -0.39 is 0 Å². The van der Waals surface area contributed by atoms with Gasteiger partial charge in [-0.3, -0.25) is 0 Å². The maximum atomic E-state index is 6.11. The second-order valence-corrected chi connectivity index (χ2v) is 4.44. The van der Waals surface area contributed by atoms with E-state index in [1.165, 1.54) is 4.68 Å². The summed E-state index contributed by atoms with van der Waals surface area (Å²) in [7, 11) is 0. The third kappa shape index (κ3) is 1.53. The molecular formula is C7H3Cl2N7S. The van der Waals surface area contributed by atoms with E-state index in [9.17, 15) is 0 Å². The second-order valence-electron chi connectivity index (χ2n) is 3.10. The van der Waals surface area contributed by atoms with E-state index in [0.29, 0.717) is 27.1 Å². The fraction of sp³-hybridized carbons (Fsp3) is 0. The predicted octanol–water partition coefficient (Wildman–Crippen LogP) is 2.28. The number of tetrazole rings is 1. The lowest BCUT2D eigenvalue weighted by Crippen LogP contribution is -2.03. The van der Waals surface area contributed by atoms with Gasteiger partial charge in [0.1, 0.15) is 17.1 Å². The Hall–Kier alpha value is -1.51. The Morgan fingerprint density at radius 3 is 2.65 bits per heavy atom. The van der Waals surface area contributed by atoms with Crippen LogP contribution in [0.5, 0.6) is 0 Å². The van der Waals surface area contributed by atoms with Gasteiger partial charge in [0.2, 0.25) is 5.95 Å². The summed E-state index contributed by atoms with van der Waals surface area (Å²) in [6, 6.07) is 1.56. The van der Waals surface area contributed by atoms with Crippen molar-refractivity contribution in [1.29, 1.82) is 0 Å². The topological polar surface area (TPSA) is 94.3 Å². The molecular weight excluding hydrogens is 285 g/mol. The summed E-state index contributed by atoms with van der Waals surface area (Å²) < 4.78 is 9.50. The Balaban J connectivity index is 2.36. The van der Waals surface area contributed by atoms with E-state index in [1.807, 2.05) is 0 Å². The maximum absolute atomic E-state index is 6.11. The highest BCUT2D eigenvalue weighted by Crippen LogP contribution is 2.46. The first-order valence-electron chi connectivity index (χ1n) is 4.33. The first-order chi connectivity index (χ1) is 8.18. The lowest BCUT2D eigenvalue weighted by Gasteiger charge is -2.08. The third-order valence-electron chi connectivity index (χ3n) is 2.12. The zero-order chi connectivity index (χ0) is 12.0. The van der Waals surface area contributed by atoms with Gasteiger partial charge < -0.3 is 5.73 Å². The summed E-state index contributed by atoms with van der Waals surface area (Å²) in [6.07, 6.45) is 0. The molecule has 0 saturated carbocycles. The second kappa shape index (κ2) is 3.76. The number of fused-ring (bicyclic) bond motifs is 1. The smallest absolute Gasteiger partial charge is 0.245 e. The highest BCUT2D eigenvalue weighted by Gasteiger charge is 2.22. The van der Waals surface area contributed by atoms with Crippen LogP contribution in [-0.4, -0.2) is 20.2 Å². The van der Waals surface area contributed by atoms with Crippen LogP contribution >= 0.6 is 23.2 Å². The van der Waals surface area contributed by atoms with Crippen LogP contribution in [-0.2, 0) is 11.4 Å². The summed E-state index contributed by atoms with van der Waals surface area (Å²) >= 11 is 13.1. The molecule has 1 aromatic heterocycles. The standard InChI is InChI=1S/C7H3Cl2N7S/c8-2-1-3(9)6(5-4(2)12-17-13-5)16-7(10)11-14-15-16/h1H,(H2,10,11,15). The van der Waals surface area contributed by atoms with Gasteiger partial charge in [-0.25, -0.2) is 0 Å². The van der Waals surface area contributed by atoms with Crippen LogP contribution in [0.3, 0.4) is 0 Å². The molecule has 0 aliphatic carbocycles. The number of halogens is 2. The van der Waals surface area contributed by atoms with Crippen molar-refractivity contribution < 1.29 is 0 Å². The molecule has 0 spiro atoms. The molecule has 0 bridgehead atoms. The average Bonchev–Trinajstić information content (AvgIpc) is 2.88. The summed E-state index contributed by atoms with van der Waals surface area (Å²) in [5.74, 6) is 0.114. The molecule has 0 fully saturated rings. The quantitative estimate of drug-likeness (QED) is 0.743. The summed E-state index contributed by atoms with van der Waals surface area (Å²) in [5, 5.41) is 11.6. The van der Waals surface area contributed by atoms with Gasteiger partial charge in [0.25, 0.3) is 0 Å². The molecule has 2 heterocycles. The van der Waals surface area contributed by atoms with Crippen molar-refractivity contribution in [2.45, 2.75) is 0 Å². The molecule has 1 aromatic carbocycles. The van der Waals surface area contributed by atoms with E-state index >= 15 is 0 Å². The monoisotopic (exact) mass is 287 g/mol. The average molecular weight is 288 g/mol. The number of hydrogen-bond acceptors (Lipinski definition) is 6. The number of anilines is 1. The largest absolute Gasteiger partial charge is 0.366 e. The molecule has 2 N–H and O–H groups in total. The number of hydrogen-bond donors (Lipinski definition) is 1. The Kier molecular flexibility index (Phi) is 2.35. The normalized spacial score (nSPS) is 12.6. The summed E-state index contributed by atoms with van der Waals surface area (Å²) in [6.45, 7) is 0. The molecule has 0 unspecified atom stereocenters. The zero-order valence-electron chi connectivity index (χ0n) is 8.00. The van der Waals surface area contributed by atoms with Crippen LogP contribution in [0.2, 0.25) is 10.0 Å². The van der Waals surface area contributed by atoms with E-state index in [0.717, 1.165) is 11.4 Å². The number of benzene rings is 1. The van der Waals surface area contributed by atoms with Gasteiger partial charge in [0.05, 0.1) is 21.4 Å². The van der Waals surface area contributed by atoms with Crippen molar-refractivity contribution in [2.75, 3.05) is 5.73 Å². The minimum absolute atomic E-state index is 0.114. The van der Waals surface area contributed by atoms with Crippen molar-refractivity contribution in [3.63, 3.8) is 0 Å². The molecule has 7 nitrogen and oxygen atoms in total. The van der Waals surface area contributed by atoms with Crippen LogP contribution in [0.1, 0.15) is 0 Å². The highest BCUT2D eigenvalue weighted by molar-refractivity contribution is 7.58. The Labute approximate surface area is 108 Å². The van der Waals surface area contributed by atoms with Crippen LogP contribution in [0.4, 0.5) is 17.3 Å². The van der Waals surface area contributed by atoms with Crippen LogP contribution in [0.25, 0.3) is 5.69 Å². The fourth-order valence-electron chi connectivity index (χ4n) is 1.42. The van der Waals surface area contributed by atoms with Gasteiger partial charge in [-0.15, -0.1) is 0 Å². The Morgan fingerprint density at radius 2 is 1.94 bits per heavy atom. The van der Waals surface area contributed by atoms with Gasteiger partial charge in [-0.05, 0) is 16.5 Å². The lowest BCUT2D eigenvalue weighted by molar-refractivity contribution is 0.793. The zero-order valence-corrected chi connectivity index (χ0v) is 10.3. The number of nitrogens with two attached hydrogens (primary N) is 1. The lowest BCUT2D eigenvalue weighted by atomic mass is 10.2. The van der Waals surface area contributed by atoms with Crippen molar-refractivity contribution in [3.05, 3.63) is 16.1 Å². The van der Waals surface area contributed by atoms with Crippen LogP contribution < -0.4 is 5.73 Å². The molecule has 0 amide bonds. The van der Waals surface area contributed by atoms with Crippen molar-refractivity contribution in [2.24, 2.45) is 8.73 Å². The molecule has 0 atom stereocenters. The number of aromatic nitrogens is 4. The number of rotatable bonds is 1. The number of nitrogen functional groups attached to an aromatic ring is 1. The van der Waals surface area contributed by atoms with Crippen LogP contribution in [0.15, 0.2) is 14.8 Å². The van der Waals surface area contributed by atoms with Crippen molar-refractivity contribution in [1.82, 2.24) is 20.2 Å². The van der Waals surface area contributed by atoms with Crippen molar-refractivity contribution in [3.8, 4) is 5.69 Å². The summed E-state index contributed by atoms with van der Waals surface area (Å²) in [4.78, 5) is 0. The predicted molar refractivity (Wildman–Crippen MR) is 65.1 cm³/mol. The van der Waals surface area contributed by atoms with Crippen LogP contribution in [0, 0.1) is 0 Å². The molecule has 2 aromatic rings. The van der Waals surface area contributed by atoms with E-state index in [-0.39, 0.29) is 5.95 Å². The maximum Gasteiger partial charge on any atom is 0.245 e. The molecule has 86 valence electrons. The first-order valence-corrected chi connectivity index (χ1v) is 5.81. The van der Waals surface area contributed by atoms with Crippen molar-refractivity contribution >= 4 is 51.9 Å². The minimum atomic E-state index is 0.114. The van der Waals surface area contributed by atoms with E-state index in [4.69, 9.17) is 28.9 Å². The molecule has 1 aliphatic heterocycles. The number of nitrogens with zero attached hydrogens (tertiary/aromatic N) is 6. The molecule has 0 radical (unpaired) electrons. The Bertz CT molecular complexity index is 688. The van der Waals surface area contributed by atoms with Gasteiger partial charge in [-0.1, -0.05) is 28.3 Å². The Morgan fingerprint density at radius 1 is 1.18 bits per heavy atom. The van der Waals surface area contributed by atoms with Gasteiger partial charge in [0.15, 0.2) is 0 Å². The van der Waals surface area contributed by atoms with E-state index in [2.05, 4.69) is 24.3 Å². The molecule has 3 rings (SSSR count). The highest BCUT2D eigenvalue weighted by atomic mass is 35.5. The summed E-state index contributed by atoms with van der Waals surface area (Å²) in [5.41, 5.74) is 7.17. The van der Waals surface area contributed by atoms with E-state index in [1.54, 1.807) is 6.07 Å². The fourth-order valence-corrected chi connectivity index (χ4v) is 2.60. The molecule has 0 saturated heterocycles. The SMILES string of the molecule is Nc1nnnn1-c1c(Cl)cc(Cl)c2c1N=S=N2. The van der Waals surface area contributed by atoms with Gasteiger partial charge in [0, 0.05) is 0 Å². The molecule has 1 aliphatic rings. The van der Waals surface area contributed by atoms with Gasteiger partial charge >= 0.3 is 0 Å². The van der Waals surface area contributed by atoms with Gasteiger partial charge in [-0.2, -0.15) is 13.4 Å². The molecule has 17 heavy (non-hydrogen) atoms. The minimum Gasteiger partial charge on any atom is -0.366 e. The molecule has 10 heteroatoms. The third-order valence-corrected chi connectivity index (χ3v) is 3.23. The first kappa shape index (κ1) is 10.6.